The number of fused-ring (bicyclic) bond motifs is 11. The average Bonchev–Trinajstić information content (AvgIpc) is 3.76. The molecule has 1 aliphatic heterocycles. The SMILES string of the molecule is CC1(C)c2ccccc2-c2ccc(-c3ccc4ccc(-n5c6ccccc6c6c7c(ccc65)-c5ccccc5P7(=O)c5ccccc5)cc4c3)cc21. The minimum Gasteiger partial charge on any atom is -0.309 e. The van der Waals surface area contributed by atoms with E-state index in [1.807, 2.05) is 36.4 Å². The van der Waals surface area contributed by atoms with Crippen molar-refractivity contribution in [1.82, 2.24) is 4.57 Å². The predicted molar refractivity (Wildman–Crippen MR) is 220 cm³/mol. The van der Waals surface area contributed by atoms with Gasteiger partial charge in [0.15, 0.2) is 7.14 Å². The van der Waals surface area contributed by atoms with Crippen molar-refractivity contribution >= 4 is 55.6 Å². The van der Waals surface area contributed by atoms with Gasteiger partial charge in [-0.25, -0.2) is 0 Å². The molecule has 3 heteroatoms. The fourth-order valence-electron chi connectivity index (χ4n) is 9.30. The topological polar surface area (TPSA) is 22.0 Å². The van der Waals surface area contributed by atoms with Crippen LogP contribution in [-0.2, 0) is 9.98 Å². The molecule has 1 unspecified atom stereocenters. The molecule has 1 aromatic heterocycles. The van der Waals surface area contributed by atoms with E-state index >= 15 is 4.57 Å². The Morgan fingerprint density at radius 2 is 1.17 bits per heavy atom. The third-order valence-electron chi connectivity index (χ3n) is 11.8. The molecule has 1 atom stereocenters. The van der Waals surface area contributed by atoms with Crippen LogP contribution in [0, 0.1) is 0 Å². The van der Waals surface area contributed by atoms with Gasteiger partial charge in [-0.15, -0.1) is 0 Å². The Hall–Kier alpha value is -5.95. The van der Waals surface area contributed by atoms with Gasteiger partial charge in [0.1, 0.15) is 0 Å². The molecule has 0 N–H and O–H groups in total. The van der Waals surface area contributed by atoms with Crippen molar-refractivity contribution in [3.8, 4) is 39.1 Å². The van der Waals surface area contributed by atoms with E-state index in [0.29, 0.717) is 0 Å². The minimum absolute atomic E-state index is 0.0471. The van der Waals surface area contributed by atoms with Crippen molar-refractivity contribution in [3.05, 3.63) is 181 Å². The molecule has 0 amide bonds. The first-order chi connectivity index (χ1) is 25.4. The Kier molecular flexibility index (Phi) is 6.03. The van der Waals surface area contributed by atoms with Gasteiger partial charge < -0.3 is 9.13 Å². The second-order valence-corrected chi connectivity index (χ2v) is 17.5. The average molecular weight is 684 g/mol. The molecule has 0 saturated carbocycles. The van der Waals surface area contributed by atoms with Gasteiger partial charge in [0.25, 0.3) is 0 Å². The van der Waals surface area contributed by atoms with Crippen LogP contribution < -0.4 is 15.9 Å². The summed E-state index contributed by atoms with van der Waals surface area (Å²) in [5, 5.41) is 7.35. The van der Waals surface area contributed by atoms with Gasteiger partial charge in [0, 0.05) is 37.8 Å². The van der Waals surface area contributed by atoms with E-state index in [1.165, 1.54) is 44.2 Å². The number of para-hydroxylation sites is 1. The molecule has 0 radical (unpaired) electrons. The normalized spacial score (nSPS) is 16.6. The lowest BCUT2D eigenvalue weighted by atomic mass is 9.81. The molecular weight excluding hydrogens is 650 g/mol. The third-order valence-corrected chi connectivity index (χ3v) is 15.0. The van der Waals surface area contributed by atoms with Crippen LogP contribution in [0.5, 0.6) is 0 Å². The zero-order chi connectivity index (χ0) is 34.8. The molecule has 246 valence electrons. The fourth-order valence-corrected chi connectivity index (χ4v) is 12.6. The summed E-state index contributed by atoms with van der Waals surface area (Å²) in [5.41, 5.74) is 13.3. The van der Waals surface area contributed by atoms with Crippen molar-refractivity contribution < 1.29 is 4.57 Å². The molecule has 2 aliphatic rings. The van der Waals surface area contributed by atoms with Gasteiger partial charge in [0.2, 0.25) is 0 Å². The van der Waals surface area contributed by atoms with Crippen LogP contribution >= 0.6 is 7.14 Å². The molecule has 0 bridgehead atoms. The molecule has 2 nitrogen and oxygen atoms in total. The number of hydrogen-bond acceptors (Lipinski definition) is 1. The summed E-state index contributed by atoms with van der Waals surface area (Å²) in [6, 6.07) is 60.8. The van der Waals surface area contributed by atoms with Crippen LogP contribution in [0.2, 0.25) is 0 Å². The summed E-state index contributed by atoms with van der Waals surface area (Å²) in [6.45, 7) is 4.68. The Labute approximate surface area is 303 Å². The quantitative estimate of drug-likeness (QED) is 0.170. The van der Waals surface area contributed by atoms with Gasteiger partial charge >= 0.3 is 0 Å². The van der Waals surface area contributed by atoms with E-state index in [0.717, 1.165) is 54.5 Å². The van der Waals surface area contributed by atoms with Crippen molar-refractivity contribution in [3.63, 3.8) is 0 Å². The molecule has 11 rings (SSSR count). The van der Waals surface area contributed by atoms with Crippen LogP contribution in [0.3, 0.4) is 0 Å². The summed E-state index contributed by atoms with van der Waals surface area (Å²) < 4.78 is 18.1. The zero-order valence-corrected chi connectivity index (χ0v) is 29.9. The number of hydrogen-bond donors (Lipinski definition) is 0. The largest absolute Gasteiger partial charge is 0.309 e. The smallest absolute Gasteiger partial charge is 0.172 e. The van der Waals surface area contributed by atoms with Crippen molar-refractivity contribution in [2.75, 3.05) is 0 Å². The van der Waals surface area contributed by atoms with Gasteiger partial charge in [-0.05, 0) is 91.7 Å². The molecule has 0 saturated heterocycles. The lowest BCUT2D eigenvalue weighted by Crippen LogP contribution is -2.21. The molecule has 52 heavy (non-hydrogen) atoms. The lowest BCUT2D eigenvalue weighted by molar-refractivity contribution is 0.593. The lowest BCUT2D eigenvalue weighted by Gasteiger charge is -2.22. The maximum atomic E-state index is 15.8. The zero-order valence-electron chi connectivity index (χ0n) is 29.0. The van der Waals surface area contributed by atoms with Crippen molar-refractivity contribution in [2.45, 2.75) is 19.3 Å². The summed E-state index contributed by atoms with van der Waals surface area (Å²) in [5.74, 6) is 0. The summed E-state index contributed by atoms with van der Waals surface area (Å²) in [4.78, 5) is 0. The van der Waals surface area contributed by atoms with Crippen molar-refractivity contribution in [2.24, 2.45) is 0 Å². The third kappa shape index (κ3) is 3.88. The van der Waals surface area contributed by atoms with Gasteiger partial charge in [0.05, 0.1) is 11.0 Å². The van der Waals surface area contributed by atoms with E-state index in [4.69, 9.17) is 0 Å². The number of nitrogens with zero attached hydrogens (tertiary/aromatic N) is 1. The minimum atomic E-state index is -3.16. The summed E-state index contributed by atoms with van der Waals surface area (Å²) in [7, 11) is -3.16. The standard InChI is InChI=1S/C49H34NOP/c1-49(2)42-17-9-6-14-37(42)38-25-23-33(30-43(38)49)32-21-20-31-22-24-35(29-34(31)28-32)50-44-18-10-7-16-41(44)47-45(50)27-26-40-39-15-8-11-19-46(39)52(51,48(40)47)36-12-4-3-5-13-36/h3-30H,1-2H3. The maximum absolute atomic E-state index is 15.8. The summed E-state index contributed by atoms with van der Waals surface area (Å²) in [6.07, 6.45) is 0. The predicted octanol–water partition coefficient (Wildman–Crippen LogP) is 11.5. The molecule has 0 spiro atoms. The van der Waals surface area contributed by atoms with E-state index in [2.05, 4.69) is 152 Å². The Balaban J connectivity index is 1.11. The maximum Gasteiger partial charge on any atom is 0.172 e. The first kappa shape index (κ1) is 29.7. The molecular formula is C49H34NOP. The van der Waals surface area contributed by atoms with Gasteiger partial charge in [-0.1, -0.05) is 147 Å². The van der Waals surface area contributed by atoms with E-state index in [9.17, 15) is 0 Å². The number of rotatable bonds is 3. The molecule has 8 aromatic carbocycles. The van der Waals surface area contributed by atoms with Crippen LogP contribution in [0.25, 0.3) is 71.6 Å². The van der Waals surface area contributed by atoms with E-state index < -0.39 is 7.14 Å². The monoisotopic (exact) mass is 683 g/mol. The first-order valence-electron chi connectivity index (χ1n) is 18.0. The second kappa shape index (κ2) is 10.5. The molecule has 2 heterocycles. The van der Waals surface area contributed by atoms with E-state index in [1.54, 1.807) is 0 Å². The summed E-state index contributed by atoms with van der Waals surface area (Å²) >= 11 is 0. The molecule has 0 fully saturated rings. The molecule has 1 aliphatic carbocycles. The van der Waals surface area contributed by atoms with Gasteiger partial charge in [-0.2, -0.15) is 0 Å². The van der Waals surface area contributed by atoms with Crippen molar-refractivity contribution in [1.29, 1.82) is 0 Å². The van der Waals surface area contributed by atoms with Gasteiger partial charge in [-0.3, -0.25) is 0 Å². The van der Waals surface area contributed by atoms with Crippen LogP contribution in [0.15, 0.2) is 170 Å². The van der Waals surface area contributed by atoms with Crippen LogP contribution in [0.1, 0.15) is 25.0 Å². The highest BCUT2D eigenvalue weighted by Gasteiger charge is 2.42. The number of aromatic nitrogens is 1. The van der Waals surface area contributed by atoms with Crippen LogP contribution in [-0.4, -0.2) is 4.57 Å². The second-order valence-electron chi connectivity index (χ2n) is 14.8. The van der Waals surface area contributed by atoms with Crippen LogP contribution in [0.4, 0.5) is 0 Å². The highest BCUT2D eigenvalue weighted by atomic mass is 31.2. The Bertz CT molecular complexity index is 3020. The Morgan fingerprint density at radius 1 is 0.500 bits per heavy atom. The van der Waals surface area contributed by atoms with E-state index in [-0.39, 0.29) is 5.41 Å². The highest BCUT2D eigenvalue weighted by Crippen LogP contribution is 2.55. The highest BCUT2D eigenvalue weighted by molar-refractivity contribution is 7.86. The first-order valence-corrected chi connectivity index (χ1v) is 19.7. The molecule has 9 aromatic rings. The Morgan fingerprint density at radius 3 is 2.06 bits per heavy atom. The fraction of sp³-hybridized carbons (Fsp3) is 0.0612. The number of benzene rings is 8.